The van der Waals surface area contributed by atoms with E-state index < -0.39 is 4.92 Å². The van der Waals surface area contributed by atoms with Crippen molar-refractivity contribution >= 4 is 51.8 Å². The molecular formula is C20H24N6O4S2. The number of nitro groups is 1. The van der Waals surface area contributed by atoms with E-state index in [0.717, 1.165) is 15.0 Å². The van der Waals surface area contributed by atoms with Crippen molar-refractivity contribution in [1.82, 2.24) is 20.4 Å². The van der Waals surface area contributed by atoms with Crippen LogP contribution in [0.3, 0.4) is 0 Å². The lowest BCUT2D eigenvalue weighted by Crippen LogP contribution is -2.48. The molecule has 0 bridgehead atoms. The van der Waals surface area contributed by atoms with E-state index in [-0.39, 0.29) is 23.5 Å². The Kier molecular flexibility index (Phi) is 8.17. The number of benzene rings is 1. The van der Waals surface area contributed by atoms with Crippen LogP contribution in [0.2, 0.25) is 0 Å². The maximum Gasteiger partial charge on any atom is 0.269 e. The number of nitrogens with zero attached hydrogens (tertiary/aromatic N) is 5. The van der Waals surface area contributed by atoms with Gasteiger partial charge in [0.2, 0.25) is 16.9 Å². The van der Waals surface area contributed by atoms with Gasteiger partial charge in [0, 0.05) is 50.4 Å². The lowest BCUT2D eigenvalue weighted by Gasteiger charge is -2.33. The topological polar surface area (TPSA) is 122 Å². The highest BCUT2D eigenvalue weighted by Gasteiger charge is 2.22. The number of anilines is 1. The zero-order valence-corrected chi connectivity index (χ0v) is 19.4. The third-order valence-corrected chi connectivity index (χ3v) is 6.67. The van der Waals surface area contributed by atoms with Crippen molar-refractivity contribution in [1.29, 1.82) is 0 Å². The van der Waals surface area contributed by atoms with Crippen LogP contribution in [0.25, 0.3) is 6.08 Å². The summed E-state index contributed by atoms with van der Waals surface area (Å²) in [7, 11) is 0. The molecule has 2 aromatic rings. The van der Waals surface area contributed by atoms with E-state index in [1.807, 2.05) is 13.8 Å². The van der Waals surface area contributed by atoms with Gasteiger partial charge in [0.05, 0.1) is 10.7 Å². The molecule has 0 atom stereocenters. The molecule has 2 heterocycles. The monoisotopic (exact) mass is 476 g/mol. The Morgan fingerprint density at radius 1 is 1.22 bits per heavy atom. The molecule has 1 aliphatic rings. The Morgan fingerprint density at radius 2 is 1.91 bits per heavy atom. The fraction of sp³-hybridized carbons (Fsp3) is 0.400. The van der Waals surface area contributed by atoms with Gasteiger partial charge in [0.1, 0.15) is 0 Å². The number of hydrogen-bond acceptors (Lipinski definition) is 9. The third kappa shape index (κ3) is 6.76. The minimum Gasteiger partial charge on any atom is -0.353 e. The molecule has 1 aliphatic heterocycles. The van der Waals surface area contributed by atoms with Crippen molar-refractivity contribution in [3.8, 4) is 0 Å². The van der Waals surface area contributed by atoms with E-state index in [2.05, 4.69) is 20.4 Å². The summed E-state index contributed by atoms with van der Waals surface area (Å²) in [5, 5.41) is 22.7. The van der Waals surface area contributed by atoms with Crippen LogP contribution in [0.1, 0.15) is 19.4 Å². The highest BCUT2D eigenvalue weighted by Crippen LogP contribution is 2.28. The first kappa shape index (κ1) is 23.7. The largest absolute Gasteiger partial charge is 0.353 e. The minimum atomic E-state index is -0.457. The van der Waals surface area contributed by atoms with Gasteiger partial charge < -0.3 is 15.1 Å². The summed E-state index contributed by atoms with van der Waals surface area (Å²) in [6.45, 7) is 6.24. The molecule has 32 heavy (non-hydrogen) atoms. The second-order valence-electron chi connectivity index (χ2n) is 7.36. The molecule has 0 radical (unpaired) electrons. The van der Waals surface area contributed by atoms with Gasteiger partial charge in [0.25, 0.3) is 5.69 Å². The number of nitro benzene ring substituents is 1. The summed E-state index contributed by atoms with van der Waals surface area (Å²) < 4.78 is 0.739. The number of non-ortho nitro benzene ring substituents is 1. The molecule has 1 saturated heterocycles. The van der Waals surface area contributed by atoms with Crippen molar-refractivity contribution < 1.29 is 14.5 Å². The van der Waals surface area contributed by atoms with Crippen molar-refractivity contribution in [3.63, 3.8) is 0 Å². The van der Waals surface area contributed by atoms with Crippen molar-refractivity contribution in [2.24, 2.45) is 0 Å². The summed E-state index contributed by atoms with van der Waals surface area (Å²) in [6, 6.07) is 6.15. The normalized spacial score (nSPS) is 14.2. The number of hydrogen-bond donors (Lipinski definition) is 1. The number of aromatic nitrogens is 2. The molecule has 0 unspecified atom stereocenters. The molecule has 10 nitrogen and oxygen atoms in total. The van der Waals surface area contributed by atoms with Crippen LogP contribution in [0.5, 0.6) is 0 Å². The average Bonchev–Trinajstić information content (AvgIpc) is 3.25. The molecule has 3 rings (SSSR count). The molecule has 1 aromatic carbocycles. The first-order valence-corrected chi connectivity index (χ1v) is 11.8. The number of piperazine rings is 1. The Hall–Kier alpha value is -2.99. The number of amides is 2. The zero-order chi connectivity index (χ0) is 23.1. The van der Waals surface area contributed by atoms with Gasteiger partial charge in [-0.25, -0.2) is 0 Å². The maximum absolute atomic E-state index is 12.5. The Bertz CT molecular complexity index is 984. The van der Waals surface area contributed by atoms with E-state index in [9.17, 15) is 19.7 Å². The zero-order valence-electron chi connectivity index (χ0n) is 17.8. The van der Waals surface area contributed by atoms with E-state index >= 15 is 0 Å². The summed E-state index contributed by atoms with van der Waals surface area (Å²) in [4.78, 5) is 38.3. The number of rotatable bonds is 8. The van der Waals surface area contributed by atoms with E-state index in [1.165, 1.54) is 41.3 Å². The molecule has 0 spiro atoms. The molecule has 0 saturated carbocycles. The fourth-order valence-corrected chi connectivity index (χ4v) is 4.68. The molecule has 1 aromatic heterocycles. The molecule has 12 heteroatoms. The summed E-state index contributed by atoms with van der Waals surface area (Å²) in [6.07, 6.45) is 3.14. The second-order valence-corrected chi connectivity index (χ2v) is 9.53. The quantitative estimate of drug-likeness (QED) is 0.267. The number of thioether (sulfide) groups is 1. The molecule has 2 amide bonds. The lowest BCUT2D eigenvalue weighted by atomic mass is 10.2. The van der Waals surface area contributed by atoms with Crippen LogP contribution in [0, 0.1) is 10.1 Å². The van der Waals surface area contributed by atoms with Crippen LogP contribution < -0.4 is 10.2 Å². The number of nitrogens with one attached hydrogen (secondary N) is 1. The van der Waals surface area contributed by atoms with Gasteiger partial charge in [-0.15, -0.1) is 10.2 Å². The summed E-state index contributed by atoms with van der Waals surface area (Å²) in [5.41, 5.74) is 0.741. The van der Waals surface area contributed by atoms with Crippen LogP contribution in [0.4, 0.5) is 10.8 Å². The van der Waals surface area contributed by atoms with Crippen LogP contribution in [-0.4, -0.2) is 69.8 Å². The van der Waals surface area contributed by atoms with Crippen LogP contribution in [-0.2, 0) is 9.59 Å². The molecular weight excluding hydrogens is 452 g/mol. The summed E-state index contributed by atoms with van der Waals surface area (Å²) >= 11 is 2.80. The smallest absolute Gasteiger partial charge is 0.269 e. The standard InChI is InChI=1S/C20H24N6O4S2/c1-14(2)21-17(27)13-31-20-23-22-19(32-20)25-11-9-24(10-12-25)18(28)8-5-15-3-6-16(7-4-15)26(29)30/h3-8,14H,9-13H2,1-2H3,(H,21,27)/b8-5+. The van der Waals surface area contributed by atoms with Crippen molar-refractivity contribution in [2.45, 2.75) is 24.2 Å². The average molecular weight is 477 g/mol. The lowest BCUT2D eigenvalue weighted by molar-refractivity contribution is -0.384. The summed E-state index contributed by atoms with van der Waals surface area (Å²) in [5.74, 6) is 0.166. The van der Waals surface area contributed by atoms with Gasteiger partial charge in [0.15, 0.2) is 4.34 Å². The maximum atomic E-state index is 12.5. The predicted octanol–water partition coefficient (Wildman–Crippen LogP) is 2.43. The van der Waals surface area contributed by atoms with Gasteiger partial charge in [-0.2, -0.15) is 0 Å². The second kappa shape index (κ2) is 11.0. The highest BCUT2D eigenvalue weighted by molar-refractivity contribution is 8.01. The van der Waals surface area contributed by atoms with Gasteiger partial charge >= 0.3 is 0 Å². The van der Waals surface area contributed by atoms with Gasteiger partial charge in [-0.3, -0.25) is 19.7 Å². The third-order valence-electron chi connectivity index (χ3n) is 4.56. The van der Waals surface area contributed by atoms with E-state index in [1.54, 1.807) is 23.1 Å². The first-order valence-electron chi connectivity index (χ1n) is 10.0. The number of carbonyl (C=O) groups is 2. The SMILES string of the molecule is CC(C)NC(=O)CSc1nnc(N2CCN(C(=O)/C=C/c3ccc([N+](=O)[O-])cc3)CC2)s1. The molecule has 170 valence electrons. The van der Waals surface area contributed by atoms with Crippen molar-refractivity contribution in [2.75, 3.05) is 36.8 Å². The van der Waals surface area contributed by atoms with E-state index in [4.69, 9.17) is 0 Å². The Morgan fingerprint density at radius 3 is 2.53 bits per heavy atom. The Balaban J connectivity index is 1.46. The van der Waals surface area contributed by atoms with Gasteiger partial charge in [-0.05, 0) is 37.6 Å². The molecule has 1 fully saturated rings. The minimum absolute atomic E-state index is 0.0154. The molecule has 1 N–H and O–H groups in total. The predicted molar refractivity (Wildman–Crippen MR) is 125 cm³/mol. The fourth-order valence-electron chi connectivity index (χ4n) is 2.98. The highest BCUT2D eigenvalue weighted by atomic mass is 32.2. The van der Waals surface area contributed by atoms with Gasteiger partial charge in [-0.1, -0.05) is 23.1 Å². The van der Waals surface area contributed by atoms with Crippen LogP contribution in [0.15, 0.2) is 34.7 Å². The first-order chi connectivity index (χ1) is 15.3. The Labute approximate surface area is 193 Å². The van der Waals surface area contributed by atoms with Crippen molar-refractivity contribution in [3.05, 3.63) is 46.0 Å². The van der Waals surface area contributed by atoms with Crippen LogP contribution >= 0.6 is 23.1 Å². The number of carbonyl (C=O) groups excluding carboxylic acids is 2. The van der Waals surface area contributed by atoms with E-state index in [0.29, 0.717) is 31.9 Å². The molecule has 0 aliphatic carbocycles.